The van der Waals surface area contributed by atoms with E-state index in [0.29, 0.717) is 17.4 Å². The van der Waals surface area contributed by atoms with Crippen molar-refractivity contribution < 1.29 is 9.18 Å². The number of carbonyl (C=O) groups is 1. The third kappa shape index (κ3) is 2.89. The lowest BCUT2D eigenvalue weighted by atomic mass is 9.78. The van der Waals surface area contributed by atoms with Gasteiger partial charge in [-0.15, -0.1) is 0 Å². The summed E-state index contributed by atoms with van der Waals surface area (Å²) in [6, 6.07) is 6.06. The molecule has 1 aromatic carbocycles. The Bertz CT molecular complexity index is 432. The molecule has 0 spiro atoms. The monoisotopic (exact) mass is 249 g/mol. The van der Waals surface area contributed by atoms with Crippen molar-refractivity contribution in [2.45, 2.75) is 39.2 Å². The summed E-state index contributed by atoms with van der Waals surface area (Å²) < 4.78 is 13.1. The van der Waals surface area contributed by atoms with Gasteiger partial charge >= 0.3 is 0 Å². The molecule has 98 valence electrons. The van der Waals surface area contributed by atoms with Gasteiger partial charge in [0.1, 0.15) is 5.82 Å². The number of benzene rings is 1. The number of hydrogen-bond acceptors (Lipinski definition) is 1. The minimum absolute atomic E-state index is 0.166. The van der Waals surface area contributed by atoms with Crippen LogP contribution in [0.15, 0.2) is 24.3 Å². The van der Waals surface area contributed by atoms with Crippen LogP contribution >= 0.6 is 0 Å². The van der Waals surface area contributed by atoms with Gasteiger partial charge in [-0.25, -0.2) is 4.39 Å². The molecule has 3 heteroatoms. The molecule has 0 aliphatic heterocycles. The van der Waals surface area contributed by atoms with Crippen LogP contribution in [0, 0.1) is 17.7 Å². The molecule has 1 saturated carbocycles. The van der Waals surface area contributed by atoms with Crippen molar-refractivity contribution in [2.75, 3.05) is 0 Å². The summed E-state index contributed by atoms with van der Waals surface area (Å²) >= 11 is 0. The molecule has 2 nitrogen and oxygen atoms in total. The highest BCUT2D eigenvalue weighted by Crippen LogP contribution is 2.29. The fourth-order valence-corrected chi connectivity index (χ4v) is 2.67. The summed E-state index contributed by atoms with van der Waals surface area (Å²) in [6.07, 6.45) is 3.40. The van der Waals surface area contributed by atoms with Gasteiger partial charge < -0.3 is 5.32 Å². The topological polar surface area (TPSA) is 29.1 Å². The fraction of sp³-hybridized carbons (Fsp3) is 0.533. The number of hydrogen-bond donors (Lipinski definition) is 1. The zero-order chi connectivity index (χ0) is 13.1. The number of amides is 1. The van der Waals surface area contributed by atoms with Gasteiger partial charge in [-0.3, -0.25) is 4.79 Å². The van der Waals surface area contributed by atoms with Crippen molar-refractivity contribution >= 4 is 5.91 Å². The van der Waals surface area contributed by atoms with E-state index in [1.54, 1.807) is 12.1 Å². The van der Waals surface area contributed by atoms with Crippen LogP contribution in [0.5, 0.6) is 0 Å². The van der Waals surface area contributed by atoms with E-state index in [1.807, 2.05) is 0 Å². The second-order valence-electron chi connectivity index (χ2n) is 5.36. The Labute approximate surface area is 108 Å². The van der Waals surface area contributed by atoms with E-state index in [2.05, 4.69) is 19.2 Å². The number of halogens is 1. The maximum absolute atomic E-state index is 13.1. The van der Waals surface area contributed by atoms with E-state index in [4.69, 9.17) is 0 Å². The quantitative estimate of drug-likeness (QED) is 0.855. The van der Waals surface area contributed by atoms with Crippen LogP contribution < -0.4 is 5.32 Å². The molecule has 1 aliphatic rings. The second kappa shape index (κ2) is 5.51. The molecule has 0 bridgehead atoms. The molecule has 1 aliphatic carbocycles. The number of carbonyl (C=O) groups excluding carboxylic acids is 1. The Morgan fingerprint density at radius 3 is 2.83 bits per heavy atom. The maximum Gasteiger partial charge on any atom is 0.251 e. The molecule has 0 aromatic heterocycles. The molecule has 1 amide bonds. The Morgan fingerprint density at radius 1 is 1.33 bits per heavy atom. The lowest BCUT2D eigenvalue weighted by molar-refractivity contribution is 0.0890. The van der Waals surface area contributed by atoms with E-state index in [9.17, 15) is 9.18 Å². The van der Waals surface area contributed by atoms with Gasteiger partial charge in [0.25, 0.3) is 5.91 Å². The first kappa shape index (κ1) is 13.1. The Kier molecular flexibility index (Phi) is 4.00. The molecule has 1 N–H and O–H groups in total. The van der Waals surface area contributed by atoms with Crippen molar-refractivity contribution in [1.29, 1.82) is 0 Å². The van der Waals surface area contributed by atoms with E-state index in [1.165, 1.54) is 18.6 Å². The van der Waals surface area contributed by atoms with Gasteiger partial charge in [0, 0.05) is 11.6 Å². The number of rotatable bonds is 2. The van der Waals surface area contributed by atoms with Crippen molar-refractivity contribution in [3.8, 4) is 0 Å². The first-order valence-corrected chi connectivity index (χ1v) is 6.64. The molecule has 2 rings (SSSR count). The predicted octanol–water partition coefficient (Wildman–Crippen LogP) is 3.38. The first-order chi connectivity index (χ1) is 8.58. The van der Waals surface area contributed by atoms with Crippen molar-refractivity contribution in [2.24, 2.45) is 11.8 Å². The van der Waals surface area contributed by atoms with Crippen LogP contribution in [0.1, 0.15) is 43.5 Å². The molecule has 0 saturated heterocycles. The highest BCUT2D eigenvalue weighted by atomic mass is 19.1. The van der Waals surface area contributed by atoms with Crippen LogP contribution in [0.3, 0.4) is 0 Å². The summed E-state index contributed by atoms with van der Waals surface area (Å²) in [7, 11) is 0. The van der Waals surface area contributed by atoms with Gasteiger partial charge in [-0.2, -0.15) is 0 Å². The number of nitrogens with one attached hydrogen (secondary N) is 1. The van der Waals surface area contributed by atoms with E-state index in [0.717, 1.165) is 12.8 Å². The zero-order valence-corrected chi connectivity index (χ0v) is 10.9. The average Bonchev–Trinajstić information content (AvgIpc) is 2.35. The second-order valence-corrected chi connectivity index (χ2v) is 5.36. The molecule has 0 radical (unpaired) electrons. The molecule has 0 unspecified atom stereocenters. The normalized spacial score (nSPS) is 27.8. The Balaban J connectivity index is 2.03. The first-order valence-electron chi connectivity index (χ1n) is 6.64. The van der Waals surface area contributed by atoms with Crippen LogP contribution in [0.25, 0.3) is 0 Å². The van der Waals surface area contributed by atoms with Gasteiger partial charge in [-0.1, -0.05) is 32.8 Å². The highest BCUT2D eigenvalue weighted by molar-refractivity contribution is 5.94. The molecule has 0 heterocycles. The predicted molar refractivity (Wildman–Crippen MR) is 69.8 cm³/mol. The molecule has 3 atom stereocenters. The summed E-state index contributed by atoms with van der Waals surface area (Å²) in [6.45, 7) is 4.41. The summed E-state index contributed by atoms with van der Waals surface area (Å²) in [5, 5.41) is 3.04. The Hall–Kier alpha value is -1.38. The van der Waals surface area contributed by atoms with Crippen LogP contribution in [-0.4, -0.2) is 11.9 Å². The average molecular weight is 249 g/mol. The molecular formula is C15H20FNO. The molecular weight excluding hydrogens is 229 g/mol. The minimum Gasteiger partial charge on any atom is -0.349 e. The van der Waals surface area contributed by atoms with Gasteiger partial charge in [0.15, 0.2) is 0 Å². The Morgan fingerprint density at radius 2 is 2.11 bits per heavy atom. The van der Waals surface area contributed by atoms with Gasteiger partial charge in [0.05, 0.1) is 0 Å². The zero-order valence-electron chi connectivity index (χ0n) is 10.9. The van der Waals surface area contributed by atoms with Crippen molar-refractivity contribution in [3.63, 3.8) is 0 Å². The molecule has 1 fully saturated rings. The maximum atomic E-state index is 13.1. The standard InChI is InChI=1S/C15H20FNO/c1-10-5-3-8-14(11(10)2)17-15(18)12-6-4-7-13(16)9-12/h4,6-7,9-11,14H,3,5,8H2,1-2H3,(H,17,18)/t10-,11+,14-/m0/s1. The lowest BCUT2D eigenvalue weighted by Gasteiger charge is -2.34. The van der Waals surface area contributed by atoms with Crippen molar-refractivity contribution in [1.82, 2.24) is 5.32 Å². The minimum atomic E-state index is -0.368. The third-order valence-corrected chi connectivity index (χ3v) is 4.11. The summed E-state index contributed by atoms with van der Waals surface area (Å²) in [5.41, 5.74) is 0.403. The summed E-state index contributed by atoms with van der Waals surface area (Å²) in [5.74, 6) is 0.584. The smallest absolute Gasteiger partial charge is 0.251 e. The van der Waals surface area contributed by atoms with Crippen molar-refractivity contribution in [3.05, 3.63) is 35.6 Å². The SMILES string of the molecule is C[C@H]1[C@@H](NC(=O)c2cccc(F)c2)CCC[C@@H]1C. The lowest BCUT2D eigenvalue weighted by Crippen LogP contribution is -2.43. The van der Waals surface area contributed by atoms with E-state index >= 15 is 0 Å². The highest BCUT2D eigenvalue weighted by Gasteiger charge is 2.28. The van der Waals surface area contributed by atoms with Crippen LogP contribution in [-0.2, 0) is 0 Å². The van der Waals surface area contributed by atoms with Crippen LogP contribution in [0.4, 0.5) is 4.39 Å². The summed E-state index contributed by atoms with van der Waals surface area (Å²) in [4.78, 5) is 12.0. The third-order valence-electron chi connectivity index (χ3n) is 4.11. The van der Waals surface area contributed by atoms with E-state index < -0.39 is 0 Å². The molecule has 1 aromatic rings. The van der Waals surface area contributed by atoms with E-state index in [-0.39, 0.29) is 17.8 Å². The van der Waals surface area contributed by atoms with Gasteiger partial charge in [0.2, 0.25) is 0 Å². The fourth-order valence-electron chi connectivity index (χ4n) is 2.67. The largest absolute Gasteiger partial charge is 0.349 e. The molecule has 18 heavy (non-hydrogen) atoms. The van der Waals surface area contributed by atoms with Crippen LogP contribution in [0.2, 0.25) is 0 Å². The van der Waals surface area contributed by atoms with Gasteiger partial charge in [-0.05, 0) is 36.5 Å².